The SMILES string of the molecule is CS(=O)(=O)c1cccc(-c2ccc(-c3[nH]c(-c4ccccc4C(F)(F)F)nc3-n3cccc3C#N)cc2)c1. The number of nitriles is 1. The fourth-order valence-electron chi connectivity index (χ4n) is 4.20. The summed E-state index contributed by atoms with van der Waals surface area (Å²) in [7, 11) is -3.38. The number of imidazole rings is 1. The van der Waals surface area contributed by atoms with Crippen LogP contribution >= 0.6 is 0 Å². The molecule has 3 aromatic carbocycles. The molecule has 6 nitrogen and oxygen atoms in total. The van der Waals surface area contributed by atoms with Gasteiger partial charge in [-0.3, -0.25) is 4.57 Å². The molecular weight excluding hydrogens is 513 g/mol. The Morgan fingerprint density at radius 2 is 1.61 bits per heavy atom. The third kappa shape index (κ3) is 4.71. The summed E-state index contributed by atoms with van der Waals surface area (Å²) >= 11 is 0. The molecule has 0 bridgehead atoms. The highest BCUT2D eigenvalue weighted by Crippen LogP contribution is 2.38. The molecule has 0 radical (unpaired) electrons. The molecule has 38 heavy (non-hydrogen) atoms. The molecule has 0 aliphatic rings. The smallest absolute Gasteiger partial charge is 0.336 e. The zero-order chi connectivity index (χ0) is 27.1. The maximum atomic E-state index is 13.7. The van der Waals surface area contributed by atoms with E-state index in [2.05, 4.69) is 16.0 Å². The highest BCUT2D eigenvalue weighted by molar-refractivity contribution is 7.90. The highest BCUT2D eigenvalue weighted by atomic mass is 32.2. The number of alkyl halides is 3. The maximum absolute atomic E-state index is 13.7. The van der Waals surface area contributed by atoms with E-state index in [9.17, 15) is 26.9 Å². The first-order valence-corrected chi connectivity index (χ1v) is 13.2. The molecule has 0 unspecified atom stereocenters. The van der Waals surface area contributed by atoms with Crippen LogP contribution in [0.25, 0.3) is 39.6 Å². The van der Waals surface area contributed by atoms with Crippen molar-refractivity contribution in [3.8, 4) is 45.7 Å². The van der Waals surface area contributed by atoms with E-state index < -0.39 is 21.6 Å². The monoisotopic (exact) mass is 532 g/mol. The Hall–Kier alpha value is -4.62. The fourth-order valence-corrected chi connectivity index (χ4v) is 4.86. The summed E-state index contributed by atoms with van der Waals surface area (Å²) < 4.78 is 66.6. The van der Waals surface area contributed by atoms with Gasteiger partial charge in [0.25, 0.3) is 0 Å². The summed E-state index contributed by atoms with van der Waals surface area (Å²) in [6.07, 6.45) is -1.83. The second kappa shape index (κ2) is 9.36. The van der Waals surface area contributed by atoms with Gasteiger partial charge in [0.15, 0.2) is 15.7 Å². The molecule has 0 saturated heterocycles. The van der Waals surface area contributed by atoms with Crippen molar-refractivity contribution in [2.75, 3.05) is 6.26 Å². The zero-order valence-corrected chi connectivity index (χ0v) is 20.7. The van der Waals surface area contributed by atoms with E-state index >= 15 is 0 Å². The number of nitrogens with one attached hydrogen (secondary N) is 1. The molecule has 5 rings (SSSR count). The van der Waals surface area contributed by atoms with E-state index in [1.54, 1.807) is 60.8 Å². The van der Waals surface area contributed by atoms with Crippen molar-refractivity contribution in [2.45, 2.75) is 11.1 Å². The standard InChI is InChI=1S/C28H19F3N4O2S/c1-38(36,37)22-8-4-6-20(16-22)18-11-13-19(14-12-18)25-27(35-15-5-7-21(35)17-32)34-26(33-25)23-9-2-3-10-24(23)28(29,30)31/h2-16H,1H3,(H,33,34). The van der Waals surface area contributed by atoms with Gasteiger partial charge >= 0.3 is 6.18 Å². The molecule has 0 aliphatic carbocycles. The van der Waals surface area contributed by atoms with Crippen LogP contribution in [0.5, 0.6) is 0 Å². The summed E-state index contributed by atoms with van der Waals surface area (Å²) in [5.41, 5.74) is 1.80. The van der Waals surface area contributed by atoms with Gasteiger partial charge in [0.1, 0.15) is 17.6 Å². The number of nitrogens with zero attached hydrogens (tertiary/aromatic N) is 3. The molecule has 0 atom stereocenters. The molecule has 0 aliphatic heterocycles. The predicted octanol–water partition coefficient (Wildman–Crippen LogP) is 6.50. The van der Waals surface area contributed by atoms with E-state index in [1.807, 2.05) is 0 Å². The number of sulfone groups is 1. The highest BCUT2D eigenvalue weighted by Gasteiger charge is 2.34. The van der Waals surface area contributed by atoms with Crippen molar-refractivity contribution in [1.29, 1.82) is 5.26 Å². The van der Waals surface area contributed by atoms with Crippen LogP contribution in [0.4, 0.5) is 13.2 Å². The van der Waals surface area contributed by atoms with Crippen LogP contribution in [-0.2, 0) is 16.0 Å². The second-order valence-corrected chi connectivity index (χ2v) is 10.6. The van der Waals surface area contributed by atoms with Crippen LogP contribution in [0.15, 0.2) is 96.0 Å². The Bertz CT molecular complexity index is 1790. The zero-order valence-electron chi connectivity index (χ0n) is 19.9. The summed E-state index contributed by atoms with van der Waals surface area (Å²) in [5.74, 6) is 0.274. The third-order valence-corrected chi connectivity index (χ3v) is 7.14. The summed E-state index contributed by atoms with van der Waals surface area (Å²) in [6.45, 7) is 0. The van der Waals surface area contributed by atoms with Crippen LogP contribution in [0.3, 0.4) is 0 Å². The van der Waals surface area contributed by atoms with Crippen LogP contribution in [0.2, 0.25) is 0 Å². The molecule has 0 amide bonds. The fraction of sp³-hybridized carbons (Fsp3) is 0.0714. The first kappa shape index (κ1) is 25.0. The van der Waals surface area contributed by atoms with Crippen molar-refractivity contribution < 1.29 is 21.6 Å². The van der Waals surface area contributed by atoms with E-state index in [0.29, 0.717) is 16.8 Å². The molecule has 0 spiro atoms. The molecule has 190 valence electrons. The average Bonchev–Trinajstić information content (AvgIpc) is 3.55. The third-order valence-electron chi connectivity index (χ3n) is 6.03. The quantitative estimate of drug-likeness (QED) is 0.280. The van der Waals surface area contributed by atoms with Gasteiger partial charge in [0, 0.05) is 23.6 Å². The minimum Gasteiger partial charge on any atom is -0.336 e. The lowest BCUT2D eigenvalue weighted by Crippen LogP contribution is -2.07. The number of halogens is 3. The van der Waals surface area contributed by atoms with E-state index in [0.717, 1.165) is 17.9 Å². The summed E-state index contributed by atoms with van der Waals surface area (Å²) in [4.78, 5) is 7.72. The van der Waals surface area contributed by atoms with Gasteiger partial charge in [-0.05, 0) is 41.5 Å². The van der Waals surface area contributed by atoms with Gasteiger partial charge in [-0.2, -0.15) is 18.4 Å². The summed E-state index contributed by atoms with van der Waals surface area (Å²) in [6, 6.07) is 24.1. The van der Waals surface area contributed by atoms with Gasteiger partial charge in [-0.1, -0.05) is 54.6 Å². The maximum Gasteiger partial charge on any atom is 0.417 e. The first-order valence-electron chi connectivity index (χ1n) is 11.3. The van der Waals surface area contributed by atoms with Gasteiger partial charge < -0.3 is 4.98 Å². The largest absolute Gasteiger partial charge is 0.417 e. The molecule has 2 aromatic heterocycles. The van der Waals surface area contributed by atoms with Crippen molar-refractivity contribution in [1.82, 2.24) is 14.5 Å². The number of hydrogen-bond donors (Lipinski definition) is 1. The Balaban J connectivity index is 1.64. The number of aromatic amines is 1. The molecule has 1 N–H and O–H groups in total. The molecule has 5 aromatic rings. The normalized spacial score (nSPS) is 11.9. The van der Waals surface area contributed by atoms with Gasteiger partial charge in [-0.15, -0.1) is 0 Å². The van der Waals surface area contributed by atoms with Crippen LogP contribution in [0.1, 0.15) is 11.3 Å². The van der Waals surface area contributed by atoms with Crippen molar-refractivity contribution in [3.63, 3.8) is 0 Å². The van der Waals surface area contributed by atoms with Crippen LogP contribution in [-0.4, -0.2) is 29.2 Å². The van der Waals surface area contributed by atoms with Gasteiger partial charge in [0.2, 0.25) is 0 Å². The summed E-state index contributed by atoms with van der Waals surface area (Å²) in [5, 5.41) is 9.55. The Morgan fingerprint density at radius 3 is 2.29 bits per heavy atom. The number of aromatic nitrogens is 3. The lowest BCUT2D eigenvalue weighted by atomic mass is 10.0. The molecule has 0 fully saturated rings. The molecular formula is C28H19F3N4O2S. The number of H-pyrrole nitrogens is 1. The van der Waals surface area contributed by atoms with Crippen molar-refractivity contribution in [2.24, 2.45) is 0 Å². The van der Waals surface area contributed by atoms with Gasteiger partial charge in [0.05, 0.1) is 16.2 Å². The second-order valence-electron chi connectivity index (χ2n) is 8.58. The van der Waals surface area contributed by atoms with Crippen LogP contribution < -0.4 is 0 Å². The number of hydrogen-bond acceptors (Lipinski definition) is 4. The number of rotatable bonds is 5. The van der Waals surface area contributed by atoms with E-state index in [4.69, 9.17) is 0 Å². The topological polar surface area (TPSA) is 91.5 Å². The van der Waals surface area contributed by atoms with Crippen molar-refractivity contribution >= 4 is 9.84 Å². The first-order chi connectivity index (χ1) is 18.1. The average molecular weight is 533 g/mol. The Morgan fingerprint density at radius 1 is 0.895 bits per heavy atom. The Kier molecular flexibility index (Phi) is 6.17. The van der Waals surface area contributed by atoms with E-state index in [1.165, 1.54) is 28.8 Å². The molecule has 0 saturated carbocycles. The van der Waals surface area contributed by atoms with Gasteiger partial charge in [-0.25, -0.2) is 13.4 Å². The molecule has 10 heteroatoms. The van der Waals surface area contributed by atoms with E-state index in [-0.39, 0.29) is 27.8 Å². The minimum absolute atomic E-state index is 0.00504. The lowest BCUT2D eigenvalue weighted by Gasteiger charge is -2.10. The minimum atomic E-state index is -4.59. The Labute approximate surface area is 216 Å². The molecule has 2 heterocycles. The van der Waals surface area contributed by atoms with Crippen LogP contribution in [0, 0.1) is 11.3 Å². The number of benzene rings is 3. The predicted molar refractivity (Wildman–Crippen MR) is 137 cm³/mol. The van der Waals surface area contributed by atoms with Crippen molar-refractivity contribution in [3.05, 3.63) is 102 Å². The lowest BCUT2D eigenvalue weighted by molar-refractivity contribution is -0.137.